The van der Waals surface area contributed by atoms with Gasteiger partial charge >= 0.3 is 6.09 Å². The molecule has 7 heteroatoms. The minimum absolute atomic E-state index is 0.360. The van der Waals surface area contributed by atoms with E-state index in [0.717, 1.165) is 18.7 Å². The van der Waals surface area contributed by atoms with Gasteiger partial charge in [-0.05, 0) is 49.5 Å². The van der Waals surface area contributed by atoms with E-state index in [1.165, 1.54) is 18.4 Å². The molecule has 1 aromatic heterocycles. The number of hydrogen-bond acceptors (Lipinski definition) is 4. The fraction of sp³-hybridized carbons (Fsp3) is 0.667. The zero-order valence-electron chi connectivity index (χ0n) is 12.2. The Hall–Kier alpha value is -1.56. The molecule has 4 rings (SSSR count). The molecule has 3 fully saturated rings. The van der Waals surface area contributed by atoms with Gasteiger partial charge in [0.05, 0.1) is 0 Å². The number of rotatable bonds is 3. The van der Waals surface area contributed by atoms with Gasteiger partial charge in [0, 0.05) is 24.7 Å². The molecular formula is C15H19ClN4O2. The summed E-state index contributed by atoms with van der Waals surface area (Å²) in [4.78, 5) is 12.6. The van der Waals surface area contributed by atoms with Crippen molar-refractivity contribution in [1.82, 2.24) is 15.1 Å². The van der Waals surface area contributed by atoms with Crippen molar-refractivity contribution in [1.29, 1.82) is 0 Å². The van der Waals surface area contributed by atoms with E-state index in [-0.39, 0.29) is 0 Å². The van der Waals surface area contributed by atoms with Gasteiger partial charge in [-0.3, -0.25) is 0 Å². The van der Waals surface area contributed by atoms with Gasteiger partial charge in [0.25, 0.3) is 0 Å². The lowest BCUT2D eigenvalue weighted by molar-refractivity contribution is 0.152. The molecule has 1 amide bonds. The van der Waals surface area contributed by atoms with Crippen LogP contribution in [0.15, 0.2) is 6.07 Å². The van der Waals surface area contributed by atoms with Crippen LogP contribution in [0.25, 0.3) is 0 Å². The number of aromatic nitrogens is 2. The molecule has 2 heterocycles. The second-order valence-electron chi connectivity index (χ2n) is 6.77. The van der Waals surface area contributed by atoms with Crippen LogP contribution in [-0.2, 0) is 0 Å². The van der Waals surface area contributed by atoms with Crippen LogP contribution < -0.4 is 5.32 Å². The van der Waals surface area contributed by atoms with Crippen LogP contribution in [-0.4, -0.2) is 45.4 Å². The number of fused-ring (bicyclic) bond motifs is 1. The normalized spacial score (nSPS) is 30.4. The Morgan fingerprint density at radius 2 is 1.95 bits per heavy atom. The highest BCUT2D eigenvalue weighted by Crippen LogP contribution is 2.44. The van der Waals surface area contributed by atoms with Crippen LogP contribution in [0.4, 0.5) is 10.6 Å². The molecule has 6 nitrogen and oxygen atoms in total. The fourth-order valence-electron chi connectivity index (χ4n) is 3.97. The third-order valence-corrected chi connectivity index (χ3v) is 5.36. The summed E-state index contributed by atoms with van der Waals surface area (Å²) >= 11 is 5.97. The van der Waals surface area contributed by atoms with E-state index < -0.39 is 6.09 Å². The first-order valence-corrected chi connectivity index (χ1v) is 8.25. The number of anilines is 1. The molecule has 2 saturated carbocycles. The van der Waals surface area contributed by atoms with Crippen molar-refractivity contribution in [3.8, 4) is 0 Å². The molecular weight excluding hydrogens is 304 g/mol. The minimum Gasteiger partial charge on any atom is -0.465 e. The van der Waals surface area contributed by atoms with Gasteiger partial charge in [-0.25, -0.2) is 4.79 Å². The van der Waals surface area contributed by atoms with Crippen LogP contribution >= 0.6 is 11.6 Å². The highest BCUT2D eigenvalue weighted by atomic mass is 35.5. The maximum atomic E-state index is 11.0. The molecule has 0 bridgehead atoms. The van der Waals surface area contributed by atoms with Gasteiger partial charge in [0.15, 0.2) is 11.0 Å². The zero-order chi connectivity index (χ0) is 15.3. The van der Waals surface area contributed by atoms with Crippen molar-refractivity contribution < 1.29 is 9.90 Å². The SMILES string of the molecule is O=C(O)N1C[C@H]2C[C@@H](Nc3nnc(Cl)cc3C3CC3)C[C@H]2C1. The Kier molecular flexibility index (Phi) is 3.36. The van der Waals surface area contributed by atoms with Crippen molar-refractivity contribution in [2.24, 2.45) is 11.8 Å². The molecule has 3 atom stereocenters. The van der Waals surface area contributed by atoms with Crippen LogP contribution in [0.3, 0.4) is 0 Å². The summed E-state index contributed by atoms with van der Waals surface area (Å²) in [5.41, 5.74) is 1.18. The van der Waals surface area contributed by atoms with Crippen molar-refractivity contribution in [3.63, 3.8) is 0 Å². The van der Waals surface area contributed by atoms with Crippen LogP contribution in [0.2, 0.25) is 5.15 Å². The maximum Gasteiger partial charge on any atom is 0.407 e. The number of amides is 1. The third kappa shape index (κ3) is 2.60. The number of likely N-dealkylation sites (tertiary alicyclic amines) is 1. The molecule has 0 unspecified atom stereocenters. The summed E-state index contributed by atoms with van der Waals surface area (Å²) in [6.45, 7) is 1.33. The predicted octanol–water partition coefficient (Wildman–Crippen LogP) is 2.81. The van der Waals surface area contributed by atoms with E-state index >= 15 is 0 Å². The predicted molar refractivity (Wildman–Crippen MR) is 82.2 cm³/mol. The zero-order valence-corrected chi connectivity index (χ0v) is 13.0. The number of carbonyl (C=O) groups is 1. The molecule has 2 aliphatic carbocycles. The fourth-order valence-corrected chi connectivity index (χ4v) is 4.12. The first-order chi connectivity index (χ1) is 10.6. The second-order valence-corrected chi connectivity index (χ2v) is 7.15. The smallest absolute Gasteiger partial charge is 0.407 e. The maximum absolute atomic E-state index is 11.0. The van der Waals surface area contributed by atoms with Gasteiger partial charge in [-0.1, -0.05) is 11.6 Å². The Morgan fingerprint density at radius 3 is 2.55 bits per heavy atom. The van der Waals surface area contributed by atoms with E-state index in [2.05, 4.69) is 15.5 Å². The number of nitrogens with zero attached hydrogens (tertiary/aromatic N) is 3. The van der Waals surface area contributed by atoms with Crippen LogP contribution in [0.1, 0.15) is 37.2 Å². The number of halogens is 1. The van der Waals surface area contributed by atoms with E-state index in [0.29, 0.717) is 42.0 Å². The van der Waals surface area contributed by atoms with Gasteiger partial charge < -0.3 is 15.3 Å². The minimum atomic E-state index is -0.793. The number of nitrogens with one attached hydrogen (secondary N) is 1. The van der Waals surface area contributed by atoms with Gasteiger partial charge in [0.2, 0.25) is 0 Å². The lowest BCUT2D eigenvalue weighted by Gasteiger charge is -2.19. The molecule has 1 aromatic rings. The summed E-state index contributed by atoms with van der Waals surface area (Å²) in [5.74, 6) is 2.38. The summed E-state index contributed by atoms with van der Waals surface area (Å²) in [6, 6.07) is 2.29. The molecule has 22 heavy (non-hydrogen) atoms. The standard InChI is InChI=1S/C15H19ClN4O2/c16-13-5-12(8-1-2-8)14(19-18-13)17-11-3-9-6-20(15(21)22)7-10(9)4-11/h5,8-11H,1-4,6-7H2,(H,17,19)(H,21,22)/t9-,10+,11-. The van der Waals surface area contributed by atoms with Gasteiger partial charge in [-0.2, -0.15) is 0 Å². The highest BCUT2D eigenvalue weighted by Gasteiger charge is 2.42. The Labute approximate surface area is 133 Å². The average molecular weight is 323 g/mol. The summed E-state index contributed by atoms with van der Waals surface area (Å²) < 4.78 is 0. The molecule has 0 spiro atoms. The molecule has 0 aromatic carbocycles. The summed E-state index contributed by atoms with van der Waals surface area (Å²) in [7, 11) is 0. The third-order valence-electron chi connectivity index (χ3n) is 5.17. The van der Waals surface area contributed by atoms with Crippen LogP contribution in [0.5, 0.6) is 0 Å². The Balaban J connectivity index is 1.43. The van der Waals surface area contributed by atoms with E-state index in [1.807, 2.05) is 6.07 Å². The number of hydrogen-bond donors (Lipinski definition) is 2. The largest absolute Gasteiger partial charge is 0.465 e. The average Bonchev–Trinajstić information content (AvgIpc) is 3.13. The molecule has 0 radical (unpaired) electrons. The Bertz CT molecular complexity index is 593. The highest BCUT2D eigenvalue weighted by molar-refractivity contribution is 6.29. The first kappa shape index (κ1) is 14.1. The number of carboxylic acid groups (broad SMARTS) is 1. The summed E-state index contributed by atoms with van der Waals surface area (Å²) in [6.07, 6.45) is 3.60. The second kappa shape index (κ2) is 5.26. The summed E-state index contributed by atoms with van der Waals surface area (Å²) in [5, 5.41) is 21.3. The molecule has 118 valence electrons. The first-order valence-electron chi connectivity index (χ1n) is 7.87. The van der Waals surface area contributed by atoms with Gasteiger partial charge in [0.1, 0.15) is 0 Å². The topological polar surface area (TPSA) is 78.4 Å². The molecule has 1 aliphatic heterocycles. The van der Waals surface area contributed by atoms with E-state index in [9.17, 15) is 4.79 Å². The van der Waals surface area contributed by atoms with E-state index in [1.54, 1.807) is 4.90 Å². The monoisotopic (exact) mass is 322 g/mol. The van der Waals surface area contributed by atoms with Crippen molar-refractivity contribution in [2.45, 2.75) is 37.6 Å². The lowest BCUT2D eigenvalue weighted by Crippen LogP contribution is -2.29. The lowest BCUT2D eigenvalue weighted by atomic mass is 10.0. The van der Waals surface area contributed by atoms with E-state index in [4.69, 9.17) is 16.7 Å². The Morgan fingerprint density at radius 1 is 1.27 bits per heavy atom. The molecule has 3 aliphatic rings. The van der Waals surface area contributed by atoms with Crippen molar-refractivity contribution in [3.05, 3.63) is 16.8 Å². The van der Waals surface area contributed by atoms with Crippen molar-refractivity contribution in [2.75, 3.05) is 18.4 Å². The van der Waals surface area contributed by atoms with Gasteiger partial charge in [-0.15, -0.1) is 10.2 Å². The molecule has 2 N–H and O–H groups in total. The van der Waals surface area contributed by atoms with Crippen molar-refractivity contribution >= 4 is 23.5 Å². The molecule has 1 saturated heterocycles. The van der Waals surface area contributed by atoms with Crippen LogP contribution in [0, 0.1) is 11.8 Å². The quantitative estimate of drug-likeness (QED) is 0.894.